The Balaban J connectivity index is 2.36. The summed E-state index contributed by atoms with van der Waals surface area (Å²) in [5.74, 6) is 1.62. The molecule has 2 heterocycles. The Hall–Kier alpha value is -2.01. The molecule has 0 unspecified atom stereocenters. The molecule has 23 heavy (non-hydrogen) atoms. The summed E-state index contributed by atoms with van der Waals surface area (Å²) in [5, 5.41) is 9.18. The lowest BCUT2D eigenvalue weighted by atomic mass is 9.96. The van der Waals surface area contributed by atoms with E-state index in [0.29, 0.717) is 5.82 Å². The minimum absolute atomic E-state index is 0.144. The normalized spacial score (nSPS) is 11.5. The zero-order valence-corrected chi connectivity index (χ0v) is 14.5. The molecule has 5 nitrogen and oxygen atoms in total. The third kappa shape index (κ3) is 5.28. The number of aromatic nitrogens is 3. The molecule has 1 N–H and O–H groups in total. The van der Waals surface area contributed by atoms with Crippen LogP contribution in [0.4, 0.5) is 5.82 Å². The molecule has 0 aliphatic heterocycles. The van der Waals surface area contributed by atoms with Gasteiger partial charge in [-0.25, -0.2) is 9.97 Å². The van der Waals surface area contributed by atoms with Crippen LogP contribution in [-0.2, 0) is 0 Å². The van der Waals surface area contributed by atoms with E-state index >= 15 is 0 Å². The second-order valence-corrected chi connectivity index (χ2v) is 6.99. The van der Waals surface area contributed by atoms with Gasteiger partial charge in [0.05, 0.1) is 0 Å². The number of nitrogens with zero attached hydrogens (tertiary/aromatic N) is 4. The van der Waals surface area contributed by atoms with E-state index in [1.165, 1.54) is 0 Å². The number of hydrogen-bond donors (Lipinski definition) is 1. The highest BCUT2D eigenvalue weighted by molar-refractivity contribution is 5.57. The van der Waals surface area contributed by atoms with Gasteiger partial charge in [0.2, 0.25) is 0 Å². The molecule has 5 heteroatoms. The van der Waals surface area contributed by atoms with Crippen LogP contribution in [0, 0.1) is 12.3 Å². The number of aliphatic hydroxyl groups is 1. The average Bonchev–Trinajstić information content (AvgIpc) is 2.50. The second kappa shape index (κ2) is 7.51. The van der Waals surface area contributed by atoms with Crippen molar-refractivity contribution in [2.24, 2.45) is 5.41 Å². The summed E-state index contributed by atoms with van der Waals surface area (Å²) >= 11 is 0. The fourth-order valence-corrected chi connectivity index (χ4v) is 2.45. The van der Waals surface area contributed by atoms with Crippen LogP contribution in [0.15, 0.2) is 30.6 Å². The average molecular weight is 314 g/mol. The van der Waals surface area contributed by atoms with Gasteiger partial charge in [-0.1, -0.05) is 20.8 Å². The largest absolute Gasteiger partial charge is 0.396 e. The predicted molar refractivity (Wildman–Crippen MR) is 93.4 cm³/mol. The van der Waals surface area contributed by atoms with Gasteiger partial charge in [0.25, 0.3) is 0 Å². The molecule has 0 saturated heterocycles. The van der Waals surface area contributed by atoms with Crippen molar-refractivity contribution < 1.29 is 5.11 Å². The summed E-state index contributed by atoms with van der Waals surface area (Å²) in [7, 11) is 0. The molecule has 0 aliphatic rings. The molecule has 0 aromatic carbocycles. The number of rotatable bonds is 6. The van der Waals surface area contributed by atoms with Crippen molar-refractivity contribution in [2.75, 3.05) is 24.6 Å². The van der Waals surface area contributed by atoms with Crippen LogP contribution in [0.5, 0.6) is 0 Å². The van der Waals surface area contributed by atoms with Gasteiger partial charge in [-0.15, -0.1) is 0 Å². The molecule has 2 aromatic rings. The zero-order chi connectivity index (χ0) is 16.9. The maximum absolute atomic E-state index is 9.18. The standard InChI is InChI=1S/C18H26N4O/c1-14-12-16(22(10-5-11-23)13-18(2,3)4)21-17(20-14)15-6-8-19-9-7-15/h6-9,12,23H,5,10-11,13H2,1-4H3. The fourth-order valence-electron chi connectivity index (χ4n) is 2.45. The Morgan fingerprint density at radius 2 is 1.83 bits per heavy atom. The zero-order valence-electron chi connectivity index (χ0n) is 14.5. The first kappa shape index (κ1) is 17.3. The monoisotopic (exact) mass is 314 g/mol. The molecule has 0 bridgehead atoms. The van der Waals surface area contributed by atoms with E-state index in [0.717, 1.165) is 36.6 Å². The number of hydrogen-bond acceptors (Lipinski definition) is 5. The highest BCUT2D eigenvalue weighted by atomic mass is 16.3. The summed E-state index contributed by atoms with van der Waals surface area (Å²) in [5.41, 5.74) is 2.04. The van der Waals surface area contributed by atoms with Crippen molar-refractivity contribution in [2.45, 2.75) is 34.1 Å². The van der Waals surface area contributed by atoms with Gasteiger partial charge in [0.15, 0.2) is 5.82 Å². The lowest BCUT2D eigenvalue weighted by Gasteiger charge is -2.31. The Morgan fingerprint density at radius 3 is 2.43 bits per heavy atom. The fraction of sp³-hybridized carbons (Fsp3) is 0.500. The predicted octanol–water partition coefficient (Wildman–Crippen LogP) is 3.08. The Kier molecular flexibility index (Phi) is 5.66. The molecule has 0 spiro atoms. The van der Waals surface area contributed by atoms with Crippen LogP contribution in [0.1, 0.15) is 32.9 Å². The maximum atomic E-state index is 9.18. The van der Waals surface area contributed by atoms with E-state index in [2.05, 4.69) is 35.6 Å². The van der Waals surface area contributed by atoms with Gasteiger partial charge in [-0.3, -0.25) is 4.98 Å². The molecule has 0 atom stereocenters. The van der Waals surface area contributed by atoms with E-state index in [9.17, 15) is 5.11 Å². The Morgan fingerprint density at radius 1 is 1.13 bits per heavy atom. The number of anilines is 1. The molecule has 0 radical (unpaired) electrons. The topological polar surface area (TPSA) is 62.1 Å². The minimum Gasteiger partial charge on any atom is -0.396 e. The van der Waals surface area contributed by atoms with Gasteiger partial charge < -0.3 is 10.0 Å². The molecule has 2 rings (SSSR count). The van der Waals surface area contributed by atoms with Crippen LogP contribution in [0.25, 0.3) is 11.4 Å². The Labute approximate surface area is 138 Å². The van der Waals surface area contributed by atoms with Gasteiger partial charge >= 0.3 is 0 Å². The van der Waals surface area contributed by atoms with Crippen LogP contribution >= 0.6 is 0 Å². The third-order valence-electron chi connectivity index (χ3n) is 3.35. The van der Waals surface area contributed by atoms with Crippen LogP contribution < -0.4 is 4.90 Å². The highest BCUT2D eigenvalue weighted by Gasteiger charge is 2.19. The molecule has 0 amide bonds. The van der Waals surface area contributed by atoms with Gasteiger partial charge in [-0.2, -0.15) is 0 Å². The molecular formula is C18H26N4O. The Bertz CT molecular complexity index is 623. The van der Waals surface area contributed by atoms with Crippen molar-refractivity contribution >= 4 is 5.82 Å². The number of aliphatic hydroxyl groups excluding tert-OH is 1. The third-order valence-corrected chi connectivity index (χ3v) is 3.35. The first-order valence-electron chi connectivity index (χ1n) is 8.01. The van der Waals surface area contributed by atoms with Crippen molar-refractivity contribution in [1.29, 1.82) is 0 Å². The first-order valence-corrected chi connectivity index (χ1v) is 8.01. The van der Waals surface area contributed by atoms with Crippen LogP contribution in [0.2, 0.25) is 0 Å². The molecule has 0 aliphatic carbocycles. The number of aryl methyl sites for hydroxylation is 1. The quantitative estimate of drug-likeness (QED) is 0.888. The van der Waals surface area contributed by atoms with E-state index in [1.807, 2.05) is 25.1 Å². The minimum atomic E-state index is 0.144. The maximum Gasteiger partial charge on any atom is 0.161 e. The summed E-state index contributed by atoms with van der Waals surface area (Å²) in [6, 6.07) is 5.84. The van der Waals surface area contributed by atoms with E-state index in [-0.39, 0.29) is 12.0 Å². The van der Waals surface area contributed by atoms with Gasteiger partial charge in [0, 0.05) is 49.4 Å². The van der Waals surface area contributed by atoms with Crippen molar-refractivity contribution in [3.63, 3.8) is 0 Å². The highest BCUT2D eigenvalue weighted by Crippen LogP contribution is 2.23. The van der Waals surface area contributed by atoms with Crippen LogP contribution in [0.3, 0.4) is 0 Å². The second-order valence-electron chi connectivity index (χ2n) is 6.99. The van der Waals surface area contributed by atoms with Crippen molar-refractivity contribution in [1.82, 2.24) is 15.0 Å². The lowest BCUT2D eigenvalue weighted by molar-refractivity contribution is 0.286. The SMILES string of the molecule is Cc1cc(N(CCCO)CC(C)(C)C)nc(-c2ccncc2)n1. The number of pyridine rings is 1. The first-order chi connectivity index (χ1) is 10.9. The molecule has 0 fully saturated rings. The van der Waals surface area contributed by atoms with Gasteiger partial charge in [-0.05, 0) is 30.9 Å². The lowest BCUT2D eigenvalue weighted by Crippen LogP contribution is -2.34. The van der Waals surface area contributed by atoms with Crippen molar-refractivity contribution in [3.05, 3.63) is 36.3 Å². The summed E-state index contributed by atoms with van der Waals surface area (Å²) in [6.07, 6.45) is 4.22. The van der Waals surface area contributed by atoms with Crippen molar-refractivity contribution in [3.8, 4) is 11.4 Å². The molecular weight excluding hydrogens is 288 g/mol. The van der Waals surface area contributed by atoms with E-state index in [1.54, 1.807) is 12.4 Å². The molecule has 0 saturated carbocycles. The van der Waals surface area contributed by atoms with Gasteiger partial charge in [0.1, 0.15) is 5.82 Å². The van der Waals surface area contributed by atoms with E-state index < -0.39 is 0 Å². The van der Waals surface area contributed by atoms with E-state index in [4.69, 9.17) is 4.98 Å². The van der Waals surface area contributed by atoms with Crippen LogP contribution in [-0.4, -0.2) is 39.8 Å². The molecule has 124 valence electrons. The summed E-state index contributed by atoms with van der Waals surface area (Å²) < 4.78 is 0. The smallest absolute Gasteiger partial charge is 0.161 e. The summed E-state index contributed by atoms with van der Waals surface area (Å²) in [4.78, 5) is 15.6. The molecule has 2 aromatic heterocycles. The summed E-state index contributed by atoms with van der Waals surface area (Å²) in [6.45, 7) is 10.4.